The SMILES string of the molecule is CC.O=C(O)C1NCCC12CC2. The molecule has 3 heteroatoms. The van der Waals surface area contributed by atoms with Crippen LogP contribution in [0.2, 0.25) is 0 Å². The van der Waals surface area contributed by atoms with Crippen LogP contribution in [0.25, 0.3) is 0 Å². The summed E-state index contributed by atoms with van der Waals surface area (Å²) in [5.41, 5.74) is 0.172. The molecule has 1 aliphatic heterocycles. The highest BCUT2D eigenvalue weighted by Gasteiger charge is 2.55. The Bertz CT molecular complexity index is 175. The van der Waals surface area contributed by atoms with Crippen LogP contribution in [0.1, 0.15) is 33.1 Å². The summed E-state index contributed by atoms with van der Waals surface area (Å²) < 4.78 is 0. The van der Waals surface area contributed by atoms with Crippen LogP contribution in [-0.2, 0) is 4.79 Å². The van der Waals surface area contributed by atoms with Crippen LogP contribution in [-0.4, -0.2) is 23.7 Å². The zero-order valence-electron chi connectivity index (χ0n) is 7.76. The highest BCUT2D eigenvalue weighted by molar-refractivity contribution is 5.75. The summed E-state index contributed by atoms with van der Waals surface area (Å²) in [7, 11) is 0. The molecule has 1 unspecified atom stereocenters. The maximum absolute atomic E-state index is 10.6. The van der Waals surface area contributed by atoms with Crippen molar-refractivity contribution >= 4 is 5.97 Å². The van der Waals surface area contributed by atoms with Gasteiger partial charge in [-0.15, -0.1) is 0 Å². The van der Waals surface area contributed by atoms with E-state index in [0.29, 0.717) is 0 Å². The monoisotopic (exact) mass is 171 g/mol. The van der Waals surface area contributed by atoms with Crippen molar-refractivity contribution < 1.29 is 9.90 Å². The van der Waals surface area contributed by atoms with E-state index in [4.69, 9.17) is 5.11 Å². The van der Waals surface area contributed by atoms with Gasteiger partial charge in [0.1, 0.15) is 6.04 Å². The normalized spacial score (nSPS) is 29.3. The van der Waals surface area contributed by atoms with Gasteiger partial charge < -0.3 is 10.4 Å². The van der Waals surface area contributed by atoms with Crippen molar-refractivity contribution in [2.45, 2.75) is 39.2 Å². The molecule has 2 N–H and O–H groups in total. The van der Waals surface area contributed by atoms with E-state index < -0.39 is 5.97 Å². The average Bonchev–Trinajstić information content (AvgIpc) is 2.66. The summed E-state index contributed by atoms with van der Waals surface area (Å²) in [6.45, 7) is 4.89. The van der Waals surface area contributed by atoms with Crippen LogP contribution in [0.15, 0.2) is 0 Å². The molecule has 1 spiro atoms. The van der Waals surface area contributed by atoms with E-state index in [0.717, 1.165) is 25.8 Å². The Kier molecular flexibility index (Phi) is 2.73. The quantitative estimate of drug-likeness (QED) is 0.624. The highest BCUT2D eigenvalue weighted by atomic mass is 16.4. The molecule has 1 saturated heterocycles. The average molecular weight is 171 g/mol. The number of carbonyl (C=O) groups is 1. The Morgan fingerprint density at radius 1 is 1.42 bits per heavy atom. The Morgan fingerprint density at radius 3 is 2.33 bits per heavy atom. The maximum Gasteiger partial charge on any atom is 0.321 e. The second-order valence-corrected chi connectivity index (χ2v) is 3.34. The molecule has 2 fully saturated rings. The first kappa shape index (κ1) is 9.52. The molecule has 1 atom stereocenters. The molecule has 2 rings (SSSR count). The van der Waals surface area contributed by atoms with E-state index in [1.807, 2.05) is 13.8 Å². The van der Waals surface area contributed by atoms with Crippen LogP contribution in [0.4, 0.5) is 0 Å². The van der Waals surface area contributed by atoms with Crippen LogP contribution >= 0.6 is 0 Å². The summed E-state index contributed by atoms with van der Waals surface area (Å²) in [5.74, 6) is -0.671. The van der Waals surface area contributed by atoms with Crippen molar-refractivity contribution in [1.29, 1.82) is 0 Å². The minimum Gasteiger partial charge on any atom is -0.480 e. The van der Waals surface area contributed by atoms with Gasteiger partial charge in [0.25, 0.3) is 0 Å². The molecule has 70 valence electrons. The van der Waals surface area contributed by atoms with Crippen molar-refractivity contribution in [2.75, 3.05) is 6.54 Å². The fourth-order valence-corrected chi connectivity index (χ4v) is 1.87. The van der Waals surface area contributed by atoms with E-state index in [9.17, 15) is 4.79 Å². The lowest BCUT2D eigenvalue weighted by atomic mass is 9.98. The van der Waals surface area contributed by atoms with Gasteiger partial charge in [0, 0.05) is 0 Å². The van der Waals surface area contributed by atoms with E-state index in [2.05, 4.69) is 5.32 Å². The predicted molar refractivity (Wildman–Crippen MR) is 47.1 cm³/mol. The third kappa shape index (κ3) is 1.46. The third-order valence-corrected chi connectivity index (χ3v) is 2.72. The number of carboxylic acid groups (broad SMARTS) is 1. The number of rotatable bonds is 1. The van der Waals surface area contributed by atoms with Crippen LogP contribution < -0.4 is 5.32 Å². The van der Waals surface area contributed by atoms with Crippen molar-refractivity contribution in [3.8, 4) is 0 Å². The van der Waals surface area contributed by atoms with E-state index in [-0.39, 0.29) is 11.5 Å². The van der Waals surface area contributed by atoms with Gasteiger partial charge in [-0.25, -0.2) is 0 Å². The lowest BCUT2D eigenvalue weighted by Crippen LogP contribution is -2.36. The topological polar surface area (TPSA) is 49.3 Å². The van der Waals surface area contributed by atoms with Crippen LogP contribution in [0.3, 0.4) is 0 Å². The van der Waals surface area contributed by atoms with E-state index in [1.54, 1.807) is 0 Å². The molecule has 2 aliphatic rings. The summed E-state index contributed by atoms with van der Waals surface area (Å²) in [6, 6.07) is -0.243. The largest absolute Gasteiger partial charge is 0.480 e. The standard InChI is InChI=1S/C7H11NO2.C2H6/c9-6(10)5-7(1-2-7)3-4-8-5;1-2/h5,8H,1-4H2,(H,9,10);1-2H3. The zero-order valence-corrected chi connectivity index (χ0v) is 7.76. The fraction of sp³-hybridized carbons (Fsp3) is 0.889. The van der Waals surface area contributed by atoms with Crippen molar-refractivity contribution in [3.05, 3.63) is 0 Å². The van der Waals surface area contributed by atoms with Gasteiger partial charge in [-0.1, -0.05) is 13.8 Å². The Morgan fingerprint density at radius 2 is 2.00 bits per heavy atom. The number of aliphatic carboxylic acids is 1. The second-order valence-electron chi connectivity index (χ2n) is 3.34. The van der Waals surface area contributed by atoms with Gasteiger partial charge in [-0.05, 0) is 31.2 Å². The lowest BCUT2D eigenvalue weighted by molar-refractivity contribution is -0.140. The number of carboxylic acids is 1. The first-order valence-electron chi connectivity index (χ1n) is 4.71. The Labute approximate surface area is 73.2 Å². The van der Waals surface area contributed by atoms with E-state index >= 15 is 0 Å². The number of nitrogens with one attached hydrogen (secondary N) is 1. The molecule has 1 heterocycles. The minimum absolute atomic E-state index is 0.172. The fourth-order valence-electron chi connectivity index (χ4n) is 1.87. The van der Waals surface area contributed by atoms with Crippen LogP contribution in [0.5, 0.6) is 0 Å². The van der Waals surface area contributed by atoms with Gasteiger partial charge in [0.2, 0.25) is 0 Å². The van der Waals surface area contributed by atoms with Crippen LogP contribution in [0, 0.1) is 5.41 Å². The predicted octanol–water partition coefficient (Wildman–Crippen LogP) is 1.24. The van der Waals surface area contributed by atoms with Crippen molar-refractivity contribution in [1.82, 2.24) is 5.32 Å². The molecule has 0 amide bonds. The molecule has 3 nitrogen and oxygen atoms in total. The molecule has 1 aliphatic carbocycles. The molecular formula is C9H17NO2. The Balaban J connectivity index is 0.000000336. The maximum atomic E-state index is 10.6. The smallest absolute Gasteiger partial charge is 0.321 e. The molecule has 0 radical (unpaired) electrons. The van der Waals surface area contributed by atoms with Gasteiger partial charge in [-0.2, -0.15) is 0 Å². The first-order chi connectivity index (χ1) is 5.75. The minimum atomic E-state index is -0.671. The van der Waals surface area contributed by atoms with Crippen molar-refractivity contribution in [3.63, 3.8) is 0 Å². The summed E-state index contributed by atoms with van der Waals surface area (Å²) in [6.07, 6.45) is 3.28. The van der Waals surface area contributed by atoms with Gasteiger partial charge in [-0.3, -0.25) is 4.79 Å². The zero-order chi connectivity index (χ0) is 9.19. The molecule has 0 aromatic heterocycles. The molecule has 1 saturated carbocycles. The third-order valence-electron chi connectivity index (χ3n) is 2.72. The van der Waals surface area contributed by atoms with Gasteiger partial charge in [0.15, 0.2) is 0 Å². The van der Waals surface area contributed by atoms with Gasteiger partial charge >= 0.3 is 5.97 Å². The van der Waals surface area contributed by atoms with E-state index in [1.165, 1.54) is 0 Å². The molecule has 12 heavy (non-hydrogen) atoms. The molecule has 0 bridgehead atoms. The molecular weight excluding hydrogens is 154 g/mol. The molecule has 0 aromatic carbocycles. The summed E-state index contributed by atoms with van der Waals surface area (Å²) in [5, 5.41) is 11.7. The number of hydrogen-bond donors (Lipinski definition) is 2. The number of hydrogen-bond acceptors (Lipinski definition) is 2. The Hall–Kier alpha value is -0.570. The first-order valence-corrected chi connectivity index (χ1v) is 4.71. The second kappa shape index (κ2) is 3.44. The lowest BCUT2D eigenvalue weighted by Gasteiger charge is -2.11. The summed E-state index contributed by atoms with van der Waals surface area (Å²) in [4.78, 5) is 10.6. The summed E-state index contributed by atoms with van der Waals surface area (Å²) >= 11 is 0. The van der Waals surface area contributed by atoms with Gasteiger partial charge in [0.05, 0.1) is 0 Å². The highest BCUT2D eigenvalue weighted by Crippen LogP contribution is 2.54. The van der Waals surface area contributed by atoms with Crippen molar-refractivity contribution in [2.24, 2.45) is 5.41 Å². The molecule has 0 aromatic rings.